The van der Waals surface area contributed by atoms with E-state index in [1.807, 2.05) is 20.8 Å². The number of benzene rings is 1. The van der Waals surface area contributed by atoms with Crippen molar-refractivity contribution in [2.45, 2.75) is 32.8 Å². The van der Waals surface area contributed by atoms with Gasteiger partial charge in [0, 0.05) is 0 Å². The van der Waals surface area contributed by atoms with Crippen LogP contribution in [-0.4, -0.2) is 6.54 Å². The number of hydrogen-bond acceptors (Lipinski definition) is 1. The normalized spacial score (nSPS) is 12.8. The summed E-state index contributed by atoms with van der Waals surface area (Å²) in [5, 5.41) is 4.30. The summed E-state index contributed by atoms with van der Waals surface area (Å²) in [7, 11) is 0. The molecular weight excluding hydrogens is 167 g/mol. The largest absolute Gasteiger partial charge is 0.392 e. The molecule has 0 saturated heterocycles. The second kappa shape index (κ2) is 3.46. The van der Waals surface area contributed by atoms with Crippen LogP contribution >= 0.6 is 0 Å². The Balaban J connectivity index is 3.15. The van der Waals surface area contributed by atoms with Gasteiger partial charge in [0.1, 0.15) is 5.82 Å². The molecule has 0 saturated carbocycles. The van der Waals surface area contributed by atoms with Gasteiger partial charge in [0.15, 0.2) is 0 Å². The summed E-state index contributed by atoms with van der Waals surface area (Å²) in [5.41, 5.74) is 1.71. The van der Waals surface area contributed by atoms with Crippen molar-refractivity contribution in [2.75, 3.05) is 0 Å². The van der Waals surface area contributed by atoms with Gasteiger partial charge in [-0.3, -0.25) is 0 Å². The van der Waals surface area contributed by atoms with E-state index in [4.69, 9.17) is 1.43 Å². The molecule has 0 aliphatic carbocycles. The fraction of sp³-hybridized carbons (Fsp3) is 0.455. The van der Waals surface area contributed by atoms with Gasteiger partial charge in [-0.15, -0.1) is 0 Å². The SMILES string of the molecule is [3H]OCc1cc(F)ccc1C(C)(C)C. The Morgan fingerprint density at radius 2 is 2.15 bits per heavy atom. The van der Waals surface area contributed by atoms with Crippen LogP contribution in [0.15, 0.2) is 18.2 Å². The zero-order chi connectivity index (χ0) is 10.8. The summed E-state index contributed by atoms with van der Waals surface area (Å²) in [6.45, 7) is 6.28. The van der Waals surface area contributed by atoms with Crippen LogP contribution in [0.1, 0.15) is 31.9 Å². The lowest BCUT2D eigenvalue weighted by atomic mass is 9.84. The molecule has 0 amide bonds. The van der Waals surface area contributed by atoms with Crippen LogP contribution in [0.25, 0.3) is 0 Å². The lowest BCUT2D eigenvalue weighted by Gasteiger charge is -2.22. The number of rotatable bonds is 2. The Kier molecular flexibility index (Phi) is 2.32. The first-order chi connectivity index (χ1) is 6.45. The maximum Gasteiger partial charge on any atom is 0.211 e. The number of hydrogen-bond donors (Lipinski definition) is 1. The van der Waals surface area contributed by atoms with Crippen LogP contribution in [0, 0.1) is 5.82 Å². The summed E-state index contributed by atoms with van der Waals surface area (Å²) < 4.78 is 19.6. The van der Waals surface area contributed by atoms with Crippen LogP contribution < -0.4 is 0 Å². The highest BCUT2D eigenvalue weighted by Gasteiger charge is 2.17. The fourth-order valence-electron chi connectivity index (χ4n) is 1.41. The minimum Gasteiger partial charge on any atom is -0.392 e. The van der Waals surface area contributed by atoms with E-state index in [0.717, 1.165) is 11.1 Å². The van der Waals surface area contributed by atoms with Crippen LogP contribution in [0.2, 0.25) is 0 Å². The minimum atomic E-state index is -0.287. The molecule has 1 aromatic carbocycles. The molecule has 1 N–H and O–H groups in total. The van der Waals surface area contributed by atoms with E-state index in [1.165, 1.54) is 12.1 Å². The van der Waals surface area contributed by atoms with Gasteiger partial charge in [-0.2, -0.15) is 0 Å². The molecular formula is C11H15FO. The highest BCUT2D eigenvalue weighted by Crippen LogP contribution is 2.26. The molecule has 2 heteroatoms. The van der Waals surface area contributed by atoms with Crippen molar-refractivity contribution in [1.29, 1.82) is 1.43 Å². The van der Waals surface area contributed by atoms with E-state index in [0.29, 0.717) is 0 Å². The lowest BCUT2D eigenvalue weighted by molar-refractivity contribution is 0.278. The smallest absolute Gasteiger partial charge is 0.211 e. The van der Waals surface area contributed by atoms with Gasteiger partial charge in [0.2, 0.25) is 1.43 Å². The molecule has 0 aromatic heterocycles. The van der Waals surface area contributed by atoms with Gasteiger partial charge in [0.05, 0.1) is 6.61 Å². The average Bonchev–Trinajstić information content (AvgIpc) is 2.02. The third-order valence-electron chi connectivity index (χ3n) is 2.03. The highest BCUT2D eigenvalue weighted by atomic mass is 19.1. The molecule has 1 rings (SSSR count). The Labute approximate surface area is 79.7 Å². The number of aliphatic hydroxyl groups excluding tert-OH is 1. The van der Waals surface area contributed by atoms with E-state index < -0.39 is 0 Å². The quantitative estimate of drug-likeness (QED) is 0.749. The van der Waals surface area contributed by atoms with Gasteiger partial charge in [-0.05, 0) is 28.7 Å². The molecule has 0 radical (unpaired) electrons. The molecule has 0 spiro atoms. The van der Waals surface area contributed by atoms with Crippen LogP contribution in [0.5, 0.6) is 0 Å². The summed E-state index contributed by atoms with van der Waals surface area (Å²) in [4.78, 5) is 0. The maximum absolute atomic E-state index is 12.9. The fourth-order valence-corrected chi connectivity index (χ4v) is 1.41. The molecule has 13 heavy (non-hydrogen) atoms. The molecule has 0 aliphatic rings. The predicted molar refractivity (Wildman–Crippen MR) is 51.0 cm³/mol. The molecule has 0 bridgehead atoms. The monoisotopic (exact) mass is 184 g/mol. The summed E-state index contributed by atoms with van der Waals surface area (Å²) in [6.07, 6.45) is 0. The van der Waals surface area contributed by atoms with Crippen LogP contribution in [0.4, 0.5) is 4.39 Å². The van der Waals surface area contributed by atoms with Crippen molar-refractivity contribution in [2.24, 2.45) is 0 Å². The van der Waals surface area contributed by atoms with Crippen molar-refractivity contribution in [3.05, 3.63) is 35.1 Å². The molecule has 0 unspecified atom stereocenters. The summed E-state index contributed by atoms with van der Waals surface area (Å²) in [6, 6.07) is 4.62. The Morgan fingerprint density at radius 1 is 1.46 bits per heavy atom. The summed E-state index contributed by atoms with van der Waals surface area (Å²) >= 11 is 0. The van der Waals surface area contributed by atoms with E-state index in [9.17, 15) is 4.39 Å². The third kappa shape index (κ3) is 2.28. The first-order valence-electron chi connectivity index (χ1n) is 4.73. The van der Waals surface area contributed by atoms with Crippen molar-refractivity contribution in [1.82, 2.24) is 0 Å². The van der Waals surface area contributed by atoms with Gasteiger partial charge in [-0.1, -0.05) is 26.8 Å². The number of halogens is 1. The number of aliphatic hydroxyl groups is 1. The molecule has 0 atom stereocenters. The minimum absolute atomic E-state index is 0.0540. The lowest BCUT2D eigenvalue weighted by Crippen LogP contribution is -2.14. The topological polar surface area (TPSA) is 20.2 Å². The third-order valence-corrected chi connectivity index (χ3v) is 2.03. The molecule has 72 valence electrons. The Morgan fingerprint density at radius 3 is 2.69 bits per heavy atom. The summed E-state index contributed by atoms with van der Waals surface area (Å²) in [5.74, 6) is -0.287. The Bertz CT molecular complexity index is 318. The first-order valence-corrected chi connectivity index (χ1v) is 4.32. The molecule has 0 heterocycles. The van der Waals surface area contributed by atoms with E-state index in [-0.39, 0.29) is 17.8 Å². The average molecular weight is 184 g/mol. The second-order valence-corrected chi connectivity index (χ2v) is 4.20. The van der Waals surface area contributed by atoms with Crippen LogP contribution in [0.3, 0.4) is 0 Å². The zero-order valence-electron chi connectivity index (χ0n) is 9.23. The maximum atomic E-state index is 12.9. The van der Waals surface area contributed by atoms with Crippen molar-refractivity contribution in [3.8, 4) is 0 Å². The van der Waals surface area contributed by atoms with Crippen LogP contribution in [-0.2, 0) is 12.0 Å². The van der Waals surface area contributed by atoms with E-state index in [2.05, 4.69) is 5.11 Å². The van der Waals surface area contributed by atoms with Gasteiger partial charge in [0.25, 0.3) is 0 Å². The zero-order valence-corrected chi connectivity index (χ0v) is 8.23. The molecule has 0 fully saturated rings. The van der Waals surface area contributed by atoms with Gasteiger partial charge in [-0.25, -0.2) is 4.39 Å². The second-order valence-electron chi connectivity index (χ2n) is 4.20. The standard InChI is InChI=1S/C11H15FO/c1-11(2,3)10-5-4-9(12)6-8(10)7-13/h4-6,13H,7H2,1-3H3/i13T. The molecule has 1 nitrogen and oxygen atoms in total. The van der Waals surface area contributed by atoms with Gasteiger partial charge < -0.3 is 5.11 Å². The van der Waals surface area contributed by atoms with Crippen molar-refractivity contribution < 1.29 is 9.50 Å². The van der Waals surface area contributed by atoms with E-state index >= 15 is 0 Å². The van der Waals surface area contributed by atoms with Crippen molar-refractivity contribution in [3.63, 3.8) is 0 Å². The van der Waals surface area contributed by atoms with Gasteiger partial charge >= 0.3 is 0 Å². The molecule has 1 aromatic rings. The molecule has 0 aliphatic heterocycles. The highest BCUT2D eigenvalue weighted by molar-refractivity contribution is 5.32. The predicted octanol–water partition coefficient (Wildman–Crippen LogP) is 2.62. The van der Waals surface area contributed by atoms with E-state index in [1.54, 1.807) is 6.07 Å². The first kappa shape index (κ1) is 8.70. The Hall–Kier alpha value is -0.890. The van der Waals surface area contributed by atoms with Crippen molar-refractivity contribution >= 4 is 0 Å².